The Labute approximate surface area is 124 Å². The number of para-hydroxylation sites is 1. The van der Waals surface area contributed by atoms with E-state index in [1.54, 1.807) is 7.05 Å². The molecule has 2 rings (SSSR count). The normalized spacial score (nSPS) is 16.9. The summed E-state index contributed by atoms with van der Waals surface area (Å²) < 4.78 is 10.4. The molecule has 2 N–H and O–H groups in total. The molecule has 1 aromatic carbocycles. The van der Waals surface area contributed by atoms with Crippen LogP contribution in [0, 0.1) is 0 Å². The molecule has 0 aliphatic carbocycles. The molecule has 0 bridgehead atoms. The highest BCUT2D eigenvalue weighted by Gasteiger charge is 2.22. The fourth-order valence-corrected chi connectivity index (χ4v) is 2.18. The number of esters is 1. The quantitative estimate of drug-likeness (QED) is 0.475. The number of carbonyl (C=O) groups is 1. The Balaban J connectivity index is 1.71. The second-order valence-corrected chi connectivity index (χ2v) is 4.76. The fourth-order valence-electron chi connectivity index (χ4n) is 2.18. The molecule has 0 aromatic heterocycles. The zero-order valence-electron chi connectivity index (χ0n) is 12.4. The third-order valence-electron chi connectivity index (χ3n) is 3.28. The molecule has 6 nitrogen and oxygen atoms in total. The van der Waals surface area contributed by atoms with Crippen molar-refractivity contribution in [1.82, 2.24) is 10.6 Å². The summed E-state index contributed by atoms with van der Waals surface area (Å²) in [6, 6.07) is 8.06. The predicted octanol–water partition coefficient (Wildman–Crippen LogP) is 0.718. The minimum absolute atomic E-state index is 0.0987. The van der Waals surface area contributed by atoms with Crippen LogP contribution in [0.4, 0.5) is 0 Å². The second-order valence-electron chi connectivity index (χ2n) is 4.76. The number of nitrogens with one attached hydrogen (secondary N) is 2. The molecule has 1 atom stereocenters. The Morgan fingerprint density at radius 1 is 1.43 bits per heavy atom. The van der Waals surface area contributed by atoms with Gasteiger partial charge >= 0.3 is 5.97 Å². The number of methoxy groups -OCH3 is 1. The molecule has 0 fully saturated rings. The summed E-state index contributed by atoms with van der Waals surface area (Å²) >= 11 is 0. The number of nitrogens with zero attached hydrogens (tertiary/aromatic N) is 1. The van der Waals surface area contributed by atoms with E-state index in [1.807, 2.05) is 18.2 Å². The summed E-state index contributed by atoms with van der Waals surface area (Å²) in [5.41, 5.74) is 1.23. The highest BCUT2D eigenvalue weighted by Crippen LogP contribution is 2.27. The van der Waals surface area contributed by atoms with Crippen LogP contribution >= 0.6 is 0 Å². The van der Waals surface area contributed by atoms with Crippen molar-refractivity contribution in [3.63, 3.8) is 0 Å². The van der Waals surface area contributed by atoms with Gasteiger partial charge in [-0.25, -0.2) is 0 Å². The van der Waals surface area contributed by atoms with E-state index in [1.165, 1.54) is 12.7 Å². The molecule has 0 saturated carbocycles. The summed E-state index contributed by atoms with van der Waals surface area (Å²) in [6.45, 7) is 1.14. The molecule has 0 amide bonds. The van der Waals surface area contributed by atoms with Gasteiger partial charge in [0.15, 0.2) is 5.96 Å². The van der Waals surface area contributed by atoms with Crippen LogP contribution in [0.1, 0.15) is 12.0 Å². The lowest BCUT2D eigenvalue weighted by Crippen LogP contribution is -2.42. The standard InChI is InChI=1S/C15H21N3O3/c1-16-15(17-8-7-14(19)20-2)18-10-12-9-11-5-3-4-6-13(11)21-12/h3-6,12H,7-10H2,1-2H3,(H2,16,17,18). The van der Waals surface area contributed by atoms with Crippen LogP contribution in [0.15, 0.2) is 29.3 Å². The van der Waals surface area contributed by atoms with Crippen molar-refractivity contribution in [2.75, 3.05) is 27.2 Å². The molecule has 21 heavy (non-hydrogen) atoms. The maximum Gasteiger partial charge on any atom is 0.307 e. The number of rotatable bonds is 5. The summed E-state index contributed by atoms with van der Waals surface area (Å²) in [5, 5.41) is 6.26. The van der Waals surface area contributed by atoms with Crippen molar-refractivity contribution in [2.24, 2.45) is 4.99 Å². The highest BCUT2D eigenvalue weighted by molar-refractivity contribution is 5.80. The second kappa shape index (κ2) is 7.52. The molecular weight excluding hydrogens is 270 g/mol. The highest BCUT2D eigenvalue weighted by atomic mass is 16.5. The minimum atomic E-state index is -0.243. The lowest BCUT2D eigenvalue weighted by Gasteiger charge is -2.15. The lowest BCUT2D eigenvalue weighted by atomic mass is 10.1. The molecule has 1 unspecified atom stereocenters. The number of benzene rings is 1. The third kappa shape index (κ3) is 4.37. The zero-order valence-corrected chi connectivity index (χ0v) is 12.4. The lowest BCUT2D eigenvalue weighted by molar-refractivity contribution is -0.140. The number of carbonyl (C=O) groups excluding carboxylic acids is 1. The van der Waals surface area contributed by atoms with Crippen LogP contribution in [-0.2, 0) is 16.0 Å². The van der Waals surface area contributed by atoms with Gasteiger partial charge in [0.2, 0.25) is 0 Å². The van der Waals surface area contributed by atoms with Gasteiger partial charge < -0.3 is 20.1 Å². The van der Waals surface area contributed by atoms with Crippen molar-refractivity contribution in [3.05, 3.63) is 29.8 Å². The van der Waals surface area contributed by atoms with E-state index in [9.17, 15) is 4.79 Å². The van der Waals surface area contributed by atoms with Crippen LogP contribution in [0.3, 0.4) is 0 Å². The van der Waals surface area contributed by atoms with Crippen molar-refractivity contribution in [2.45, 2.75) is 18.9 Å². The molecule has 1 aromatic rings. The third-order valence-corrected chi connectivity index (χ3v) is 3.28. The summed E-state index contributed by atoms with van der Waals surface area (Å²) in [4.78, 5) is 15.1. The summed E-state index contributed by atoms with van der Waals surface area (Å²) in [5.74, 6) is 1.36. The molecule has 1 aliphatic heterocycles. The number of fused-ring (bicyclic) bond motifs is 1. The van der Waals surface area contributed by atoms with E-state index in [-0.39, 0.29) is 12.1 Å². The van der Waals surface area contributed by atoms with Gasteiger partial charge in [0.1, 0.15) is 11.9 Å². The van der Waals surface area contributed by atoms with Gasteiger partial charge in [0.05, 0.1) is 20.1 Å². The van der Waals surface area contributed by atoms with Crippen LogP contribution in [-0.4, -0.2) is 45.3 Å². The summed E-state index contributed by atoms with van der Waals surface area (Å²) in [7, 11) is 3.07. The number of aliphatic imine (C=N–C) groups is 1. The van der Waals surface area contributed by atoms with E-state index in [2.05, 4.69) is 26.4 Å². The van der Waals surface area contributed by atoms with Gasteiger partial charge in [-0.3, -0.25) is 9.79 Å². The predicted molar refractivity (Wildman–Crippen MR) is 80.6 cm³/mol. The van der Waals surface area contributed by atoms with Gasteiger partial charge in [-0.15, -0.1) is 0 Å². The Hall–Kier alpha value is -2.24. The molecule has 0 spiro atoms. The Morgan fingerprint density at radius 2 is 2.24 bits per heavy atom. The fraction of sp³-hybridized carbons (Fsp3) is 0.467. The van der Waals surface area contributed by atoms with Gasteiger partial charge in [-0.1, -0.05) is 18.2 Å². The molecule has 0 radical (unpaired) electrons. The molecule has 0 saturated heterocycles. The van der Waals surface area contributed by atoms with Gasteiger partial charge in [-0.05, 0) is 11.6 Å². The van der Waals surface area contributed by atoms with Gasteiger partial charge in [0, 0.05) is 20.0 Å². The van der Waals surface area contributed by atoms with E-state index in [0.29, 0.717) is 25.5 Å². The topological polar surface area (TPSA) is 72.0 Å². The van der Waals surface area contributed by atoms with E-state index >= 15 is 0 Å². The van der Waals surface area contributed by atoms with Crippen molar-refractivity contribution in [1.29, 1.82) is 0 Å². The van der Waals surface area contributed by atoms with Crippen molar-refractivity contribution >= 4 is 11.9 Å². The number of hydrogen-bond donors (Lipinski definition) is 2. The first-order valence-electron chi connectivity index (χ1n) is 6.99. The number of hydrogen-bond acceptors (Lipinski definition) is 4. The first-order valence-corrected chi connectivity index (χ1v) is 6.99. The first-order chi connectivity index (χ1) is 10.2. The monoisotopic (exact) mass is 291 g/mol. The molecule has 1 aliphatic rings. The van der Waals surface area contributed by atoms with Crippen LogP contribution in [0.5, 0.6) is 5.75 Å². The minimum Gasteiger partial charge on any atom is -0.488 e. The van der Waals surface area contributed by atoms with Crippen LogP contribution in [0.25, 0.3) is 0 Å². The van der Waals surface area contributed by atoms with Crippen LogP contribution in [0.2, 0.25) is 0 Å². The Bertz CT molecular complexity index is 492. The SMILES string of the molecule is CN=C(NCCC(=O)OC)NCC1Cc2ccccc2O1. The molecular formula is C15H21N3O3. The van der Waals surface area contributed by atoms with Gasteiger partial charge in [0.25, 0.3) is 0 Å². The maximum absolute atomic E-state index is 11.0. The van der Waals surface area contributed by atoms with Gasteiger partial charge in [-0.2, -0.15) is 0 Å². The van der Waals surface area contributed by atoms with Crippen molar-refractivity contribution in [3.8, 4) is 5.75 Å². The smallest absolute Gasteiger partial charge is 0.307 e. The zero-order chi connectivity index (χ0) is 15.1. The average Bonchev–Trinajstić information content (AvgIpc) is 2.93. The molecule has 114 valence electrons. The average molecular weight is 291 g/mol. The largest absolute Gasteiger partial charge is 0.488 e. The Morgan fingerprint density at radius 3 is 2.95 bits per heavy atom. The number of ether oxygens (including phenoxy) is 2. The summed E-state index contributed by atoms with van der Waals surface area (Å²) in [6.07, 6.45) is 1.30. The van der Waals surface area contributed by atoms with Crippen LogP contribution < -0.4 is 15.4 Å². The van der Waals surface area contributed by atoms with Crippen molar-refractivity contribution < 1.29 is 14.3 Å². The first kappa shape index (κ1) is 15.2. The number of guanidine groups is 1. The molecule has 6 heteroatoms. The van der Waals surface area contributed by atoms with E-state index < -0.39 is 0 Å². The molecule has 1 heterocycles. The van der Waals surface area contributed by atoms with E-state index in [0.717, 1.165) is 12.2 Å². The maximum atomic E-state index is 11.0. The van der Waals surface area contributed by atoms with E-state index in [4.69, 9.17) is 4.74 Å². The Kier molecular flexibility index (Phi) is 5.43.